The average Bonchev–Trinajstić information content (AvgIpc) is 3.28. The maximum atomic E-state index is 13.2. The van der Waals surface area contributed by atoms with Crippen LogP contribution in [0.4, 0.5) is 4.39 Å². The second-order valence-corrected chi connectivity index (χ2v) is 12.9. The van der Waals surface area contributed by atoms with E-state index in [2.05, 4.69) is 71.6 Å². The summed E-state index contributed by atoms with van der Waals surface area (Å²) in [6.07, 6.45) is 4.70. The van der Waals surface area contributed by atoms with Crippen LogP contribution >= 0.6 is 0 Å². The van der Waals surface area contributed by atoms with Gasteiger partial charge in [-0.15, -0.1) is 0 Å². The fraction of sp³-hybridized carbons (Fsp3) is 0.259. The lowest BCUT2D eigenvalue weighted by molar-refractivity contribution is 0.232. The van der Waals surface area contributed by atoms with E-state index in [0.29, 0.717) is 6.04 Å². The molecule has 0 bridgehead atoms. The molecule has 1 atom stereocenters. The number of hydrogen-bond acceptors (Lipinski definition) is 1. The molecule has 1 fully saturated rings. The van der Waals surface area contributed by atoms with E-state index in [0.717, 1.165) is 19.5 Å². The van der Waals surface area contributed by atoms with Crippen LogP contribution in [0, 0.1) is 5.82 Å². The van der Waals surface area contributed by atoms with E-state index in [4.69, 9.17) is 0 Å². The normalized spacial score (nSPS) is 21.4. The summed E-state index contributed by atoms with van der Waals surface area (Å²) in [5.41, 5.74) is 2.53. The highest BCUT2D eigenvalue weighted by Crippen LogP contribution is 2.35. The van der Waals surface area contributed by atoms with Gasteiger partial charge in [-0.3, -0.25) is 4.90 Å². The van der Waals surface area contributed by atoms with Crippen LogP contribution in [-0.2, 0) is 0 Å². The fourth-order valence-corrected chi connectivity index (χ4v) is 10.8. The molecule has 0 amide bonds. The molecule has 2 heterocycles. The third-order valence-corrected chi connectivity index (χ3v) is 12.3. The van der Waals surface area contributed by atoms with Crippen LogP contribution in [0.15, 0.2) is 91.0 Å². The highest BCUT2D eigenvalue weighted by molar-refractivity contribution is 7.02. The van der Waals surface area contributed by atoms with Crippen molar-refractivity contribution < 1.29 is 4.39 Å². The third-order valence-electron chi connectivity index (χ3n) is 7.11. The van der Waals surface area contributed by atoms with E-state index in [1.807, 2.05) is 12.1 Å². The molecule has 0 aromatic heterocycles. The van der Waals surface area contributed by atoms with Crippen LogP contribution in [0.3, 0.4) is 0 Å². The Balaban J connectivity index is 1.37. The number of rotatable bonds is 4. The fourth-order valence-electron chi connectivity index (χ4n) is 5.48. The molecule has 152 valence electrons. The van der Waals surface area contributed by atoms with Crippen molar-refractivity contribution in [2.45, 2.75) is 31.0 Å². The van der Waals surface area contributed by atoms with Crippen molar-refractivity contribution in [3.8, 4) is 0 Å². The SMILES string of the molecule is Fc1ccc(C2=CCN(C3CC[Si](c4ccccc4)(c4ccccc4)C3)CC2)cc1. The molecule has 0 spiro atoms. The molecule has 1 unspecified atom stereocenters. The molecule has 3 aromatic carbocycles. The molecular formula is C27H28FNSi. The van der Waals surface area contributed by atoms with Crippen LogP contribution in [0.2, 0.25) is 12.1 Å². The van der Waals surface area contributed by atoms with Gasteiger partial charge in [-0.05, 0) is 48.2 Å². The summed E-state index contributed by atoms with van der Waals surface area (Å²) in [5, 5.41) is 3.16. The van der Waals surface area contributed by atoms with E-state index in [9.17, 15) is 4.39 Å². The van der Waals surface area contributed by atoms with Gasteiger partial charge in [0, 0.05) is 19.1 Å². The Hall–Kier alpha value is -2.49. The summed E-state index contributed by atoms with van der Waals surface area (Å²) in [5.74, 6) is -0.161. The zero-order chi connectivity index (χ0) is 20.4. The van der Waals surface area contributed by atoms with Crippen LogP contribution in [0.25, 0.3) is 5.57 Å². The third kappa shape index (κ3) is 3.68. The van der Waals surface area contributed by atoms with Crippen molar-refractivity contribution in [2.24, 2.45) is 0 Å². The van der Waals surface area contributed by atoms with E-state index in [1.165, 1.54) is 29.6 Å². The van der Waals surface area contributed by atoms with Crippen molar-refractivity contribution in [3.05, 3.63) is 102 Å². The van der Waals surface area contributed by atoms with Gasteiger partial charge in [0.05, 0.1) is 0 Å². The summed E-state index contributed by atoms with van der Waals surface area (Å²) >= 11 is 0. The molecule has 3 aromatic rings. The van der Waals surface area contributed by atoms with E-state index in [1.54, 1.807) is 22.5 Å². The Bertz CT molecular complexity index is 974. The smallest absolute Gasteiger partial charge is 0.123 e. The van der Waals surface area contributed by atoms with Crippen LogP contribution in [-0.4, -0.2) is 32.1 Å². The molecule has 0 N–H and O–H groups in total. The quantitative estimate of drug-likeness (QED) is 0.547. The molecule has 0 saturated carbocycles. The van der Waals surface area contributed by atoms with Gasteiger partial charge >= 0.3 is 0 Å². The van der Waals surface area contributed by atoms with Gasteiger partial charge in [0.2, 0.25) is 0 Å². The first kappa shape index (κ1) is 19.5. The van der Waals surface area contributed by atoms with Gasteiger partial charge in [0.15, 0.2) is 0 Å². The summed E-state index contributed by atoms with van der Waals surface area (Å²) in [6.45, 7) is 2.10. The molecule has 0 radical (unpaired) electrons. The zero-order valence-corrected chi connectivity index (χ0v) is 18.3. The average molecular weight is 414 g/mol. The predicted molar refractivity (Wildman–Crippen MR) is 126 cm³/mol. The van der Waals surface area contributed by atoms with E-state index < -0.39 is 8.07 Å². The van der Waals surface area contributed by atoms with Gasteiger partial charge in [-0.25, -0.2) is 4.39 Å². The molecule has 1 saturated heterocycles. The summed E-state index contributed by atoms with van der Waals surface area (Å²) < 4.78 is 13.2. The van der Waals surface area contributed by atoms with Crippen molar-refractivity contribution in [3.63, 3.8) is 0 Å². The molecule has 2 aliphatic rings. The Morgan fingerprint density at radius 1 is 0.800 bits per heavy atom. The van der Waals surface area contributed by atoms with Gasteiger partial charge in [-0.2, -0.15) is 0 Å². The van der Waals surface area contributed by atoms with E-state index >= 15 is 0 Å². The maximum Gasteiger partial charge on any atom is 0.123 e. The Morgan fingerprint density at radius 3 is 2.00 bits per heavy atom. The minimum absolute atomic E-state index is 0.161. The summed E-state index contributed by atoms with van der Waals surface area (Å²) in [7, 11) is -1.72. The maximum absolute atomic E-state index is 13.2. The van der Waals surface area contributed by atoms with Gasteiger partial charge < -0.3 is 0 Å². The van der Waals surface area contributed by atoms with Gasteiger partial charge in [-0.1, -0.05) is 89.2 Å². The number of hydrogen-bond donors (Lipinski definition) is 0. The van der Waals surface area contributed by atoms with Crippen molar-refractivity contribution in [2.75, 3.05) is 13.1 Å². The van der Waals surface area contributed by atoms with Crippen LogP contribution < -0.4 is 10.4 Å². The first-order valence-electron chi connectivity index (χ1n) is 11.0. The Labute approximate surface area is 179 Å². The molecule has 5 rings (SSSR count). The highest BCUT2D eigenvalue weighted by atomic mass is 28.3. The van der Waals surface area contributed by atoms with Gasteiger partial charge in [0.25, 0.3) is 0 Å². The van der Waals surface area contributed by atoms with Crippen LogP contribution in [0.1, 0.15) is 18.4 Å². The second kappa shape index (κ2) is 8.33. The molecule has 1 nitrogen and oxygen atoms in total. The molecular weight excluding hydrogens is 385 g/mol. The topological polar surface area (TPSA) is 3.24 Å². The lowest BCUT2D eigenvalue weighted by atomic mass is 9.98. The van der Waals surface area contributed by atoms with Crippen molar-refractivity contribution in [1.82, 2.24) is 4.90 Å². The summed E-state index contributed by atoms with van der Waals surface area (Å²) in [4.78, 5) is 2.69. The molecule has 3 heteroatoms. The Morgan fingerprint density at radius 2 is 1.43 bits per heavy atom. The largest absolute Gasteiger partial charge is 0.297 e. The molecule has 0 aliphatic carbocycles. The van der Waals surface area contributed by atoms with Crippen molar-refractivity contribution in [1.29, 1.82) is 0 Å². The van der Waals surface area contributed by atoms with Crippen molar-refractivity contribution >= 4 is 24.0 Å². The zero-order valence-electron chi connectivity index (χ0n) is 17.3. The first-order chi connectivity index (χ1) is 14.7. The molecule has 2 aliphatic heterocycles. The molecule has 30 heavy (non-hydrogen) atoms. The minimum Gasteiger partial charge on any atom is -0.297 e. The predicted octanol–water partition coefficient (Wildman–Crippen LogP) is 4.95. The Kier molecular flexibility index (Phi) is 5.40. The van der Waals surface area contributed by atoms with Crippen LogP contribution in [0.5, 0.6) is 0 Å². The second-order valence-electron chi connectivity index (χ2n) is 8.69. The number of benzene rings is 3. The highest BCUT2D eigenvalue weighted by Gasteiger charge is 2.45. The monoisotopic (exact) mass is 413 g/mol. The van der Waals surface area contributed by atoms with E-state index in [-0.39, 0.29) is 5.82 Å². The number of nitrogens with zero attached hydrogens (tertiary/aromatic N) is 1. The minimum atomic E-state index is -1.72. The number of halogens is 1. The lowest BCUT2D eigenvalue weighted by Gasteiger charge is -2.34. The standard InChI is InChI=1S/C27H28FNSi/c28-24-13-11-22(12-14-24)23-15-18-29(19-16-23)25-17-20-30(21-25,26-7-3-1-4-8-26)27-9-5-2-6-10-27/h1-15,25H,16-21H2. The van der Waals surface area contributed by atoms with Gasteiger partial charge in [0.1, 0.15) is 13.9 Å². The first-order valence-corrected chi connectivity index (χ1v) is 13.5. The summed E-state index contributed by atoms with van der Waals surface area (Å²) in [6, 6.07) is 32.8. The lowest BCUT2D eigenvalue weighted by Crippen LogP contribution is -2.57.